The van der Waals surface area contributed by atoms with Crippen LogP contribution in [0.25, 0.3) is 0 Å². The lowest BCUT2D eigenvalue weighted by molar-refractivity contribution is -0.139. The summed E-state index contributed by atoms with van der Waals surface area (Å²) in [5.74, 6) is -2.35. The highest BCUT2D eigenvalue weighted by Gasteiger charge is 2.34. The molecular weight excluding hydrogens is 536 g/mol. The molecule has 0 saturated heterocycles. The normalized spacial score (nSPS) is 14.8. The summed E-state index contributed by atoms with van der Waals surface area (Å²) in [6, 6.07) is 17.3. The number of halogens is 2. The molecule has 3 aromatic rings. The van der Waals surface area contributed by atoms with Crippen molar-refractivity contribution in [2.24, 2.45) is 0 Å². The van der Waals surface area contributed by atoms with E-state index in [0.717, 1.165) is 42.5 Å². The first kappa shape index (κ1) is 29.2. The van der Waals surface area contributed by atoms with Gasteiger partial charge in [-0.25, -0.2) is 17.2 Å². The quantitative estimate of drug-likeness (QED) is 0.371. The van der Waals surface area contributed by atoms with Crippen LogP contribution in [0.15, 0.2) is 83.8 Å². The molecule has 0 aromatic heterocycles. The molecule has 7 nitrogen and oxygen atoms in total. The van der Waals surface area contributed by atoms with Crippen molar-refractivity contribution in [3.05, 3.63) is 96.1 Å². The third-order valence-corrected chi connectivity index (χ3v) is 8.89. The number of nitrogens with one attached hydrogen (secondary N) is 1. The molecule has 1 fully saturated rings. The number of carbonyl (C=O) groups is 2. The minimum Gasteiger partial charge on any atom is -0.352 e. The predicted molar refractivity (Wildman–Crippen MR) is 149 cm³/mol. The Bertz CT molecular complexity index is 1410. The van der Waals surface area contributed by atoms with Gasteiger partial charge in [-0.15, -0.1) is 0 Å². The number of benzene rings is 3. The number of carbonyl (C=O) groups excluding carboxylic acids is 2. The van der Waals surface area contributed by atoms with E-state index in [0.29, 0.717) is 5.56 Å². The van der Waals surface area contributed by atoms with Gasteiger partial charge in [-0.2, -0.15) is 0 Å². The summed E-state index contributed by atoms with van der Waals surface area (Å²) in [5, 5.41) is 3.01. The number of nitrogens with zero attached hydrogens (tertiary/aromatic N) is 2. The van der Waals surface area contributed by atoms with Gasteiger partial charge in [-0.1, -0.05) is 61.7 Å². The molecule has 1 saturated carbocycles. The molecule has 1 N–H and O–H groups in total. The molecule has 1 unspecified atom stereocenters. The van der Waals surface area contributed by atoms with Gasteiger partial charge in [-0.3, -0.25) is 13.9 Å². The Morgan fingerprint density at radius 2 is 1.52 bits per heavy atom. The topological polar surface area (TPSA) is 86.8 Å². The first-order valence-electron chi connectivity index (χ1n) is 13.3. The maximum atomic E-state index is 14.9. The van der Waals surface area contributed by atoms with Crippen molar-refractivity contribution in [1.82, 2.24) is 10.2 Å². The van der Waals surface area contributed by atoms with Crippen LogP contribution in [-0.2, 0) is 26.2 Å². The second-order valence-electron chi connectivity index (χ2n) is 9.94. The summed E-state index contributed by atoms with van der Waals surface area (Å²) in [6.45, 7) is 0.744. The SMILES string of the molecule is CC(C(=O)NC1CCCCC1)N(Cc1ccc(F)cc1)C(=O)CN(c1ccccc1F)S(=O)(=O)c1ccccc1. The van der Waals surface area contributed by atoms with Gasteiger partial charge in [0.15, 0.2) is 0 Å². The molecule has 1 aliphatic carbocycles. The van der Waals surface area contributed by atoms with Gasteiger partial charge in [0.05, 0.1) is 10.6 Å². The summed E-state index contributed by atoms with van der Waals surface area (Å²) >= 11 is 0. The molecule has 4 rings (SSSR count). The van der Waals surface area contributed by atoms with Crippen LogP contribution in [0.5, 0.6) is 0 Å². The Morgan fingerprint density at radius 1 is 0.900 bits per heavy atom. The zero-order valence-electron chi connectivity index (χ0n) is 22.3. The summed E-state index contributed by atoms with van der Waals surface area (Å²) in [6.07, 6.45) is 4.82. The first-order valence-corrected chi connectivity index (χ1v) is 14.8. The maximum Gasteiger partial charge on any atom is 0.264 e. The molecule has 0 aliphatic heterocycles. The maximum absolute atomic E-state index is 14.9. The van der Waals surface area contributed by atoms with E-state index in [4.69, 9.17) is 0 Å². The molecule has 212 valence electrons. The van der Waals surface area contributed by atoms with E-state index in [1.54, 1.807) is 13.0 Å². The minimum atomic E-state index is -4.36. The Balaban J connectivity index is 1.67. The molecule has 10 heteroatoms. The molecule has 1 atom stereocenters. The fourth-order valence-corrected chi connectivity index (χ4v) is 6.27. The van der Waals surface area contributed by atoms with Crippen molar-refractivity contribution >= 4 is 27.5 Å². The number of amides is 2. The molecule has 1 aliphatic rings. The van der Waals surface area contributed by atoms with Gasteiger partial charge in [-0.05, 0) is 61.7 Å². The average Bonchev–Trinajstić information content (AvgIpc) is 2.96. The zero-order valence-corrected chi connectivity index (χ0v) is 23.1. The van der Waals surface area contributed by atoms with Crippen LogP contribution in [0.2, 0.25) is 0 Å². The number of hydrogen-bond donors (Lipinski definition) is 1. The molecule has 40 heavy (non-hydrogen) atoms. The van der Waals surface area contributed by atoms with E-state index in [1.807, 2.05) is 0 Å². The van der Waals surface area contributed by atoms with Crippen molar-refractivity contribution in [2.45, 2.75) is 62.6 Å². The van der Waals surface area contributed by atoms with Gasteiger partial charge in [0.1, 0.15) is 24.2 Å². The van der Waals surface area contributed by atoms with Crippen molar-refractivity contribution in [3.8, 4) is 0 Å². The van der Waals surface area contributed by atoms with Crippen molar-refractivity contribution < 1.29 is 26.8 Å². The highest BCUT2D eigenvalue weighted by Crippen LogP contribution is 2.27. The smallest absolute Gasteiger partial charge is 0.264 e. The van der Waals surface area contributed by atoms with Crippen LogP contribution in [0.4, 0.5) is 14.5 Å². The average molecular weight is 570 g/mol. The van der Waals surface area contributed by atoms with E-state index in [2.05, 4.69) is 5.32 Å². The van der Waals surface area contributed by atoms with Gasteiger partial charge < -0.3 is 10.2 Å². The fourth-order valence-electron chi connectivity index (χ4n) is 4.82. The third-order valence-electron chi connectivity index (χ3n) is 7.12. The van der Waals surface area contributed by atoms with Crippen molar-refractivity contribution in [2.75, 3.05) is 10.8 Å². The standard InChI is InChI=1S/C30H33F2N3O4S/c1-22(30(37)33-25-10-4-2-5-11-25)34(20-23-16-18-24(31)19-17-23)29(36)21-35(28-15-9-8-14-27(28)32)40(38,39)26-12-6-3-7-13-26/h3,6-9,12-19,22,25H,2,4-5,10-11,20-21H2,1H3,(H,33,37). The van der Waals surface area contributed by atoms with Crippen LogP contribution >= 0.6 is 0 Å². The van der Waals surface area contributed by atoms with E-state index in [-0.39, 0.29) is 29.1 Å². The van der Waals surface area contributed by atoms with Gasteiger partial charge >= 0.3 is 0 Å². The number of sulfonamides is 1. The predicted octanol–water partition coefficient (Wildman–Crippen LogP) is 5.03. The van der Waals surface area contributed by atoms with Crippen LogP contribution in [0, 0.1) is 11.6 Å². The number of hydrogen-bond acceptors (Lipinski definition) is 4. The second kappa shape index (κ2) is 13.0. The Kier molecular flexibility index (Phi) is 9.52. The summed E-state index contributed by atoms with van der Waals surface area (Å²) in [4.78, 5) is 28.3. The van der Waals surface area contributed by atoms with E-state index in [1.165, 1.54) is 71.6 Å². The number of anilines is 1. The monoisotopic (exact) mass is 569 g/mol. The zero-order chi connectivity index (χ0) is 28.7. The van der Waals surface area contributed by atoms with E-state index >= 15 is 0 Å². The summed E-state index contributed by atoms with van der Waals surface area (Å²) < 4.78 is 56.6. The van der Waals surface area contributed by atoms with Gasteiger partial charge in [0.25, 0.3) is 10.0 Å². The molecule has 2 amide bonds. The highest BCUT2D eigenvalue weighted by molar-refractivity contribution is 7.92. The Labute approximate surface area is 233 Å². The number of para-hydroxylation sites is 1. The molecule has 0 radical (unpaired) electrons. The van der Waals surface area contributed by atoms with Crippen LogP contribution in [0.3, 0.4) is 0 Å². The van der Waals surface area contributed by atoms with Crippen LogP contribution < -0.4 is 9.62 Å². The van der Waals surface area contributed by atoms with Crippen molar-refractivity contribution in [3.63, 3.8) is 0 Å². The summed E-state index contributed by atoms with van der Waals surface area (Å²) in [5.41, 5.74) is 0.260. The molecule has 3 aromatic carbocycles. The summed E-state index contributed by atoms with van der Waals surface area (Å²) in [7, 11) is -4.36. The molecular formula is C30H33F2N3O4S. The third kappa shape index (κ3) is 7.04. The van der Waals surface area contributed by atoms with Gasteiger partial charge in [0.2, 0.25) is 11.8 Å². The Hall–Kier alpha value is -3.79. The Morgan fingerprint density at radius 3 is 2.17 bits per heavy atom. The minimum absolute atomic E-state index is 0.000144. The molecule has 0 spiro atoms. The lowest BCUT2D eigenvalue weighted by atomic mass is 9.95. The lowest BCUT2D eigenvalue weighted by Gasteiger charge is -2.33. The number of rotatable bonds is 10. The molecule has 0 heterocycles. The lowest BCUT2D eigenvalue weighted by Crippen LogP contribution is -2.53. The second-order valence-corrected chi connectivity index (χ2v) is 11.8. The van der Waals surface area contributed by atoms with E-state index in [9.17, 15) is 26.8 Å². The van der Waals surface area contributed by atoms with Crippen LogP contribution in [-0.4, -0.2) is 43.8 Å². The van der Waals surface area contributed by atoms with E-state index < -0.39 is 40.2 Å². The van der Waals surface area contributed by atoms with Crippen LogP contribution in [0.1, 0.15) is 44.6 Å². The fraction of sp³-hybridized carbons (Fsp3) is 0.333. The molecule has 0 bridgehead atoms. The first-order chi connectivity index (χ1) is 19.2. The largest absolute Gasteiger partial charge is 0.352 e. The highest BCUT2D eigenvalue weighted by atomic mass is 32.2. The van der Waals surface area contributed by atoms with Crippen molar-refractivity contribution in [1.29, 1.82) is 0 Å². The van der Waals surface area contributed by atoms with Gasteiger partial charge in [0, 0.05) is 12.6 Å².